The highest BCUT2D eigenvalue weighted by Gasteiger charge is 2.06. The summed E-state index contributed by atoms with van der Waals surface area (Å²) in [5.41, 5.74) is 6.73. The Kier molecular flexibility index (Phi) is 2.69. The molecule has 0 fully saturated rings. The third-order valence-electron chi connectivity index (χ3n) is 1.68. The van der Waals surface area contributed by atoms with Crippen molar-refractivity contribution in [2.75, 3.05) is 14.2 Å². The van der Waals surface area contributed by atoms with Gasteiger partial charge in [0, 0.05) is 0 Å². The van der Waals surface area contributed by atoms with Crippen LogP contribution in [-0.2, 0) is 4.84 Å². The number of amidine groups is 1. The summed E-state index contributed by atoms with van der Waals surface area (Å²) >= 11 is 0. The summed E-state index contributed by atoms with van der Waals surface area (Å²) in [6.07, 6.45) is 0. The van der Waals surface area contributed by atoms with Crippen LogP contribution in [0.5, 0.6) is 0 Å². The Bertz CT molecular complexity index is 280. The Morgan fingerprint density at radius 3 is 2.42 bits per heavy atom. The average Bonchev–Trinajstić information content (AvgIpc) is 2.17. The second-order valence-corrected chi connectivity index (χ2v) is 2.43. The van der Waals surface area contributed by atoms with Crippen molar-refractivity contribution < 1.29 is 9.58 Å². The van der Waals surface area contributed by atoms with Crippen molar-refractivity contribution in [3.8, 4) is 0 Å². The quantitative estimate of drug-likeness (QED) is 0.301. The zero-order chi connectivity index (χ0) is 8.97. The minimum Gasteiger partial charge on any atom is -0.344 e. The van der Waals surface area contributed by atoms with Gasteiger partial charge in [0.25, 0.3) is 0 Å². The molecule has 0 heterocycles. The molecule has 0 saturated heterocycles. The first-order valence-electron chi connectivity index (χ1n) is 3.71. The molecule has 0 bridgehead atoms. The van der Waals surface area contributed by atoms with Gasteiger partial charge in [0.15, 0.2) is 0 Å². The average molecular weight is 165 g/mol. The molecule has 3 nitrogen and oxygen atoms in total. The largest absolute Gasteiger partial charge is 0.344 e. The SMILES string of the molecule is CO/[N+](C)=C(\N)c1ccccc1. The van der Waals surface area contributed by atoms with Crippen LogP contribution in [0.25, 0.3) is 0 Å². The Morgan fingerprint density at radius 1 is 1.33 bits per heavy atom. The smallest absolute Gasteiger partial charge is 0.313 e. The number of benzene rings is 1. The highest BCUT2D eigenvalue weighted by Crippen LogP contribution is 1.96. The maximum Gasteiger partial charge on any atom is 0.313 e. The highest BCUT2D eigenvalue weighted by atomic mass is 16.6. The molecule has 0 unspecified atom stereocenters. The van der Waals surface area contributed by atoms with Crippen molar-refractivity contribution in [1.82, 2.24) is 0 Å². The van der Waals surface area contributed by atoms with Crippen LogP contribution in [0, 0.1) is 0 Å². The lowest BCUT2D eigenvalue weighted by Gasteiger charge is -2.00. The van der Waals surface area contributed by atoms with E-state index in [1.807, 2.05) is 30.3 Å². The molecule has 0 atom stereocenters. The van der Waals surface area contributed by atoms with Crippen molar-refractivity contribution in [2.45, 2.75) is 0 Å². The van der Waals surface area contributed by atoms with Gasteiger partial charge in [-0.15, -0.1) is 0 Å². The summed E-state index contributed by atoms with van der Waals surface area (Å²) in [4.78, 5) is 4.94. The summed E-state index contributed by atoms with van der Waals surface area (Å²) < 4.78 is 1.52. The van der Waals surface area contributed by atoms with Gasteiger partial charge in [0.1, 0.15) is 14.2 Å². The molecule has 0 radical (unpaired) electrons. The van der Waals surface area contributed by atoms with Crippen LogP contribution in [0.4, 0.5) is 0 Å². The second-order valence-electron chi connectivity index (χ2n) is 2.43. The zero-order valence-electron chi connectivity index (χ0n) is 7.32. The molecule has 1 aromatic carbocycles. The van der Waals surface area contributed by atoms with E-state index in [0.717, 1.165) is 5.56 Å². The molecule has 0 spiro atoms. The molecule has 0 saturated carbocycles. The van der Waals surface area contributed by atoms with E-state index >= 15 is 0 Å². The van der Waals surface area contributed by atoms with Crippen LogP contribution in [-0.4, -0.2) is 24.7 Å². The maximum absolute atomic E-state index is 5.77. The summed E-state index contributed by atoms with van der Waals surface area (Å²) in [5, 5.41) is 0. The topological polar surface area (TPSA) is 38.3 Å². The molecule has 3 heteroatoms. The van der Waals surface area contributed by atoms with E-state index in [0.29, 0.717) is 5.84 Å². The molecule has 0 aliphatic carbocycles. The van der Waals surface area contributed by atoms with Gasteiger partial charge in [-0.2, -0.15) is 0 Å². The summed E-state index contributed by atoms with van der Waals surface area (Å²) in [7, 11) is 3.35. The third kappa shape index (κ3) is 1.75. The molecule has 2 N–H and O–H groups in total. The van der Waals surface area contributed by atoms with Crippen molar-refractivity contribution in [2.24, 2.45) is 5.73 Å². The Hall–Kier alpha value is -1.51. The van der Waals surface area contributed by atoms with E-state index < -0.39 is 0 Å². The number of hydrogen-bond acceptors (Lipinski definition) is 1. The van der Waals surface area contributed by atoms with Crippen molar-refractivity contribution in [1.29, 1.82) is 0 Å². The normalized spacial score (nSPS) is 12.2. The monoisotopic (exact) mass is 165 g/mol. The Labute approximate surface area is 72.0 Å². The van der Waals surface area contributed by atoms with Gasteiger partial charge in [0.2, 0.25) is 0 Å². The fourth-order valence-electron chi connectivity index (χ4n) is 0.889. The summed E-state index contributed by atoms with van der Waals surface area (Å²) in [6, 6.07) is 9.69. The van der Waals surface area contributed by atoms with Crippen LogP contribution in [0.3, 0.4) is 0 Å². The summed E-state index contributed by atoms with van der Waals surface area (Å²) in [5.74, 6) is 0.609. The second kappa shape index (κ2) is 3.76. The van der Waals surface area contributed by atoms with Gasteiger partial charge in [-0.1, -0.05) is 22.9 Å². The number of nitrogens with two attached hydrogens (primary N) is 1. The first kappa shape index (κ1) is 8.59. The van der Waals surface area contributed by atoms with Gasteiger partial charge >= 0.3 is 5.84 Å². The van der Waals surface area contributed by atoms with Gasteiger partial charge in [-0.3, -0.25) is 5.73 Å². The van der Waals surface area contributed by atoms with Gasteiger partial charge in [-0.05, 0) is 12.1 Å². The Morgan fingerprint density at radius 2 is 1.92 bits per heavy atom. The molecule has 0 aromatic heterocycles. The van der Waals surface area contributed by atoms with Crippen LogP contribution in [0.15, 0.2) is 30.3 Å². The van der Waals surface area contributed by atoms with Crippen LogP contribution >= 0.6 is 0 Å². The van der Waals surface area contributed by atoms with Crippen LogP contribution < -0.4 is 5.73 Å². The number of hydrogen-bond donors (Lipinski definition) is 1. The molecule has 0 amide bonds. The predicted molar refractivity (Wildman–Crippen MR) is 47.9 cm³/mol. The molecule has 1 rings (SSSR count). The van der Waals surface area contributed by atoms with E-state index in [-0.39, 0.29) is 0 Å². The number of hydroxylamine groups is 1. The zero-order valence-corrected chi connectivity index (χ0v) is 7.32. The standard InChI is InChI=1S/C9H12N2O/c1-11(12-2)9(10)8-6-4-3-5-7-8/h3-7,10H,1-2H3/p+1. The Balaban J connectivity index is 3.00. The van der Waals surface area contributed by atoms with Crippen molar-refractivity contribution in [3.63, 3.8) is 0 Å². The number of rotatable bonds is 2. The van der Waals surface area contributed by atoms with E-state index in [1.165, 1.54) is 4.74 Å². The lowest BCUT2D eigenvalue weighted by Crippen LogP contribution is -2.25. The molecular weight excluding hydrogens is 152 g/mol. The lowest BCUT2D eigenvalue weighted by molar-refractivity contribution is -0.760. The van der Waals surface area contributed by atoms with E-state index in [4.69, 9.17) is 10.6 Å². The minimum absolute atomic E-state index is 0.609. The van der Waals surface area contributed by atoms with Crippen molar-refractivity contribution >= 4 is 5.84 Å². The summed E-state index contributed by atoms with van der Waals surface area (Å²) in [6.45, 7) is 0. The van der Waals surface area contributed by atoms with Crippen molar-refractivity contribution in [3.05, 3.63) is 35.9 Å². The molecule has 0 aliphatic heterocycles. The van der Waals surface area contributed by atoms with Gasteiger partial charge in [0.05, 0.1) is 5.56 Å². The maximum atomic E-state index is 5.77. The highest BCUT2D eigenvalue weighted by molar-refractivity contribution is 5.93. The molecular formula is C9H13N2O+. The first-order chi connectivity index (χ1) is 5.75. The molecule has 1 aromatic rings. The number of nitrogens with zero attached hydrogens (tertiary/aromatic N) is 1. The van der Waals surface area contributed by atoms with Gasteiger partial charge < -0.3 is 4.84 Å². The van der Waals surface area contributed by atoms with Crippen LogP contribution in [0.1, 0.15) is 5.56 Å². The lowest BCUT2D eigenvalue weighted by atomic mass is 10.2. The fourth-order valence-corrected chi connectivity index (χ4v) is 0.889. The first-order valence-corrected chi connectivity index (χ1v) is 3.71. The molecule has 0 aliphatic rings. The minimum atomic E-state index is 0.609. The van der Waals surface area contributed by atoms with E-state index in [9.17, 15) is 0 Å². The van der Waals surface area contributed by atoms with E-state index in [1.54, 1.807) is 14.2 Å². The fraction of sp³-hybridized carbons (Fsp3) is 0.222. The van der Waals surface area contributed by atoms with Gasteiger partial charge in [-0.25, -0.2) is 0 Å². The third-order valence-corrected chi connectivity index (χ3v) is 1.68. The van der Waals surface area contributed by atoms with Crippen LogP contribution in [0.2, 0.25) is 0 Å². The predicted octanol–water partition coefficient (Wildman–Crippen LogP) is 0.596. The molecule has 64 valence electrons. The molecule has 12 heavy (non-hydrogen) atoms. The van der Waals surface area contributed by atoms with E-state index in [2.05, 4.69) is 0 Å².